The van der Waals surface area contributed by atoms with Crippen LogP contribution in [-0.2, 0) is 0 Å². The summed E-state index contributed by atoms with van der Waals surface area (Å²) in [6, 6.07) is 11.3. The molecule has 0 saturated carbocycles. The Bertz CT molecular complexity index is 1610. The molecule has 6 aliphatic carbocycles. The van der Waals surface area contributed by atoms with Gasteiger partial charge in [-0.2, -0.15) is 0 Å². The number of hydrogen-bond acceptors (Lipinski definition) is 2. The monoisotopic (exact) mass is 576 g/mol. The molecule has 0 radical (unpaired) electrons. The highest BCUT2D eigenvalue weighted by Gasteiger charge is 2.31. The standard InChI is InChI=1S/C42H44N2/c1-31-11-9-17-39(27-31)43(37-13-5-3-6-14-37)41-25-21-33-20-24-36-30-34(19-23-35(41)29-33)22-26-42(36)44(38-15-7-4-8-16-38)40-18-10-12-32(2)28-40/h3-7,9-10,13-15,17-32,35-36,41-42H,8,11-12,16H2,1-2H3/b23-19-,24-20-. The predicted octanol–water partition coefficient (Wildman–Crippen LogP) is 10.1. The molecule has 0 aromatic heterocycles. The van der Waals surface area contributed by atoms with Gasteiger partial charge in [-0.15, -0.1) is 0 Å². The highest BCUT2D eigenvalue weighted by molar-refractivity contribution is 5.60. The number of rotatable bonds is 6. The minimum Gasteiger partial charge on any atom is -0.338 e. The summed E-state index contributed by atoms with van der Waals surface area (Å²) in [6.07, 6.45) is 49.5. The molecular weight excluding hydrogens is 532 g/mol. The van der Waals surface area contributed by atoms with Crippen molar-refractivity contribution in [3.63, 3.8) is 0 Å². The van der Waals surface area contributed by atoms with Gasteiger partial charge in [0.2, 0.25) is 0 Å². The average Bonchev–Trinajstić information content (AvgIpc) is 3.05. The van der Waals surface area contributed by atoms with Gasteiger partial charge in [-0.3, -0.25) is 0 Å². The second-order valence-corrected chi connectivity index (χ2v) is 13.0. The van der Waals surface area contributed by atoms with Gasteiger partial charge >= 0.3 is 0 Å². The van der Waals surface area contributed by atoms with Crippen LogP contribution < -0.4 is 4.90 Å². The van der Waals surface area contributed by atoms with E-state index in [2.05, 4.69) is 169 Å². The fraction of sp³-hybridized carbons (Fsp3) is 0.286. The van der Waals surface area contributed by atoms with Gasteiger partial charge in [0.05, 0.1) is 12.1 Å². The average molecular weight is 577 g/mol. The van der Waals surface area contributed by atoms with E-state index in [9.17, 15) is 0 Å². The first-order chi connectivity index (χ1) is 21.6. The Morgan fingerprint density at radius 3 is 1.73 bits per heavy atom. The molecule has 44 heavy (non-hydrogen) atoms. The second kappa shape index (κ2) is 12.7. The molecule has 2 nitrogen and oxygen atoms in total. The van der Waals surface area contributed by atoms with Crippen LogP contribution in [0.5, 0.6) is 0 Å². The molecule has 0 amide bonds. The van der Waals surface area contributed by atoms with Crippen LogP contribution in [-0.4, -0.2) is 17.0 Å². The Morgan fingerprint density at radius 1 is 0.591 bits per heavy atom. The molecule has 1 aromatic rings. The third kappa shape index (κ3) is 6.04. The van der Waals surface area contributed by atoms with Crippen LogP contribution in [0.3, 0.4) is 0 Å². The van der Waals surface area contributed by atoms with E-state index in [1.165, 1.54) is 33.9 Å². The lowest BCUT2D eigenvalue weighted by molar-refractivity contribution is 0.319. The van der Waals surface area contributed by atoms with Gasteiger partial charge in [-0.25, -0.2) is 0 Å². The Balaban J connectivity index is 1.22. The highest BCUT2D eigenvalue weighted by atomic mass is 15.2. The van der Waals surface area contributed by atoms with Gasteiger partial charge in [-0.1, -0.05) is 129 Å². The zero-order valence-corrected chi connectivity index (χ0v) is 26.0. The molecule has 0 aliphatic heterocycles. The van der Waals surface area contributed by atoms with Gasteiger partial charge in [0.25, 0.3) is 0 Å². The predicted molar refractivity (Wildman–Crippen MR) is 187 cm³/mol. The molecule has 7 rings (SSSR count). The molecule has 6 unspecified atom stereocenters. The first-order valence-electron chi connectivity index (χ1n) is 16.5. The van der Waals surface area contributed by atoms with Gasteiger partial charge in [-0.05, 0) is 79.0 Å². The number of hydrogen-bond donors (Lipinski definition) is 0. The summed E-state index contributed by atoms with van der Waals surface area (Å²) in [5.41, 5.74) is 7.83. The zero-order valence-electron chi connectivity index (χ0n) is 26.0. The lowest BCUT2D eigenvalue weighted by Crippen LogP contribution is -2.39. The maximum absolute atomic E-state index is 2.61. The number of para-hydroxylation sites is 1. The summed E-state index contributed by atoms with van der Waals surface area (Å²) < 4.78 is 0. The van der Waals surface area contributed by atoms with Crippen molar-refractivity contribution in [2.24, 2.45) is 23.7 Å². The highest BCUT2D eigenvalue weighted by Crippen LogP contribution is 2.38. The van der Waals surface area contributed by atoms with Crippen LogP contribution in [0, 0.1) is 23.7 Å². The number of fused-ring (bicyclic) bond motifs is 2. The quantitative estimate of drug-likeness (QED) is 0.332. The zero-order chi connectivity index (χ0) is 29.9. The minimum absolute atomic E-state index is 0.192. The molecule has 1 aromatic carbocycles. The molecular formula is C42H44N2. The molecule has 0 heterocycles. The summed E-state index contributed by atoms with van der Waals surface area (Å²) in [4.78, 5) is 5.14. The van der Waals surface area contributed by atoms with Crippen LogP contribution in [0.4, 0.5) is 5.69 Å². The van der Waals surface area contributed by atoms with Crippen molar-refractivity contribution in [2.75, 3.05) is 4.90 Å². The molecule has 0 N–H and O–H groups in total. The second-order valence-electron chi connectivity index (χ2n) is 13.0. The lowest BCUT2D eigenvalue weighted by atomic mass is 9.83. The van der Waals surface area contributed by atoms with Crippen LogP contribution in [0.15, 0.2) is 174 Å². The number of benzene rings is 1. The maximum Gasteiger partial charge on any atom is 0.0623 e. The van der Waals surface area contributed by atoms with Crippen LogP contribution >= 0.6 is 0 Å². The van der Waals surface area contributed by atoms with E-state index in [-0.39, 0.29) is 23.9 Å². The maximum atomic E-state index is 2.61. The van der Waals surface area contributed by atoms with Crippen LogP contribution in [0.25, 0.3) is 0 Å². The normalized spacial score (nSPS) is 31.6. The number of anilines is 1. The molecule has 6 atom stereocenters. The van der Waals surface area contributed by atoms with Gasteiger partial charge < -0.3 is 9.80 Å². The van der Waals surface area contributed by atoms with Crippen molar-refractivity contribution in [3.8, 4) is 0 Å². The third-order valence-corrected chi connectivity index (χ3v) is 9.54. The first kappa shape index (κ1) is 28.5. The smallest absolute Gasteiger partial charge is 0.0623 e. The molecule has 0 fully saturated rings. The fourth-order valence-electron chi connectivity index (χ4n) is 7.31. The summed E-state index contributed by atoms with van der Waals surface area (Å²) in [6.45, 7) is 4.64. The SMILES string of the molecule is CC1C=C(N(C2=CC=CCC2)C2C=CC3=CC2/C=C\C2=CC(/C=C\3)C(N(C3=CC(C)CC=C3)c3ccccc3)C=C2)C=CC1. The molecule has 0 saturated heterocycles. The lowest BCUT2D eigenvalue weighted by Gasteiger charge is -2.41. The van der Waals surface area contributed by atoms with Crippen molar-refractivity contribution in [3.05, 3.63) is 174 Å². The molecule has 6 aliphatic rings. The fourth-order valence-corrected chi connectivity index (χ4v) is 7.31. The van der Waals surface area contributed by atoms with E-state index >= 15 is 0 Å². The molecule has 222 valence electrons. The Kier molecular flexibility index (Phi) is 8.24. The van der Waals surface area contributed by atoms with Crippen molar-refractivity contribution in [1.29, 1.82) is 0 Å². The van der Waals surface area contributed by atoms with Crippen molar-refractivity contribution >= 4 is 5.69 Å². The Labute approximate surface area is 264 Å². The molecule has 2 heteroatoms. The minimum atomic E-state index is 0.192. The van der Waals surface area contributed by atoms with Gasteiger partial charge in [0, 0.05) is 34.6 Å². The number of nitrogens with zero attached hydrogens (tertiary/aromatic N) is 2. The summed E-state index contributed by atoms with van der Waals surface area (Å²) >= 11 is 0. The van der Waals surface area contributed by atoms with Gasteiger partial charge in [0.15, 0.2) is 0 Å². The van der Waals surface area contributed by atoms with E-state index in [0.29, 0.717) is 11.8 Å². The van der Waals surface area contributed by atoms with Crippen molar-refractivity contribution < 1.29 is 0 Å². The van der Waals surface area contributed by atoms with E-state index in [4.69, 9.17) is 0 Å². The summed E-state index contributed by atoms with van der Waals surface area (Å²) in [5, 5.41) is 0. The molecule has 4 bridgehead atoms. The van der Waals surface area contributed by atoms with Crippen LogP contribution in [0.1, 0.15) is 39.5 Å². The first-order valence-corrected chi connectivity index (χ1v) is 16.5. The van der Waals surface area contributed by atoms with Crippen molar-refractivity contribution in [1.82, 2.24) is 4.90 Å². The van der Waals surface area contributed by atoms with E-state index < -0.39 is 0 Å². The molecule has 0 spiro atoms. The van der Waals surface area contributed by atoms with Crippen LogP contribution in [0.2, 0.25) is 0 Å². The summed E-state index contributed by atoms with van der Waals surface area (Å²) in [7, 11) is 0. The Hall–Kier alpha value is -4.30. The van der Waals surface area contributed by atoms with E-state index in [1.807, 2.05) is 0 Å². The number of allylic oxidation sites excluding steroid dienone is 16. The van der Waals surface area contributed by atoms with Crippen molar-refractivity contribution in [2.45, 2.75) is 51.6 Å². The van der Waals surface area contributed by atoms with E-state index in [0.717, 1.165) is 25.7 Å². The van der Waals surface area contributed by atoms with Gasteiger partial charge in [0.1, 0.15) is 0 Å². The summed E-state index contributed by atoms with van der Waals surface area (Å²) in [5.74, 6) is 1.60. The largest absolute Gasteiger partial charge is 0.338 e. The Morgan fingerprint density at radius 2 is 1.16 bits per heavy atom. The third-order valence-electron chi connectivity index (χ3n) is 9.54. The topological polar surface area (TPSA) is 6.48 Å². The van der Waals surface area contributed by atoms with E-state index in [1.54, 1.807) is 0 Å².